The van der Waals surface area contributed by atoms with E-state index in [0.717, 1.165) is 22.3 Å². The Morgan fingerprint density at radius 2 is 0.676 bits per heavy atom. The molecular formula is C32H26O2. The molecule has 0 spiro atoms. The van der Waals surface area contributed by atoms with Crippen LogP contribution in [0.2, 0.25) is 0 Å². The lowest BCUT2D eigenvalue weighted by Gasteiger charge is -2.48. The molecule has 0 unspecified atom stereocenters. The fourth-order valence-electron chi connectivity index (χ4n) is 4.72. The largest absolute Gasteiger partial charge is 0.474 e. The van der Waals surface area contributed by atoms with Gasteiger partial charge in [0.25, 0.3) is 0 Å². The number of rotatable bonds is 7. The van der Waals surface area contributed by atoms with Crippen molar-refractivity contribution >= 4 is 0 Å². The van der Waals surface area contributed by atoms with E-state index in [1.54, 1.807) is 0 Å². The molecule has 34 heavy (non-hydrogen) atoms. The lowest BCUT2D eigenvalue weighted by Crippen LogP contribution is -2.55. The monoisotopic (exact) mass is 442 g/mol. The first kappa shape index (κ1) is 21.7. The van der Waals surface area contributed by atoms with E-state index in [0.29, 0.717) is 5.75 Å². The molecule has 0 saturated carbocycles. The number of benzene rings is 5. The molecule has 0 aliphatic carbocycles. The second kappa shape index (κ2) is 9.38. The number of hydrogen-bond acceptors (Lipinski definition) is 2. The molecule has 0 bridgehead atoms. The van der Waals surface area contributed by atoms with Gasteiger partial charge in [-0.05, 0) is 23.3 Å². The fourth-order valence-corrected chi connectivity index (χ4v) is 4.72. The van der Waals surface area contributed by atoms with Crippen LogP contribution in [0, 0.1) is 0 Å². The Balaban J connectivity index is 1.92. The normalized spacial score (nSPS) is 11.7. The molecule has 5 aromatic rings. The molecule has 2 heteroatoms. The molecule has 0 aliphatic rings. The summed E-state index contributed by atoms with van der Waals surface area (Å²) in [6, 6.07) is 49.2. The molecule has 0 saturated heterocycles. The third-order valence-electron chi connectivity index (χ3n) is 6.27. The van der Waals surface area contributed by atoms with Gasteiger partial charge in [-0.15, -0.1) is 0 Å². The molecular weight excluding hydrogens is 416 g/mol. The summed E-state index contributed by atoms with van der Waals surface area (Å²) >= 11 is 0. The quantitative estimate of drug-likeness (QED) is 0.296. The molecule has 166 valence electrons. The summed E-state index contributed by atoms with van der Waals surface area (Å²) < 4.78 is 7.00. The van der Waals surface area contributed by atoms with Crippen LogP contribution in [0.15, 0.2) is 152 Å². The van der Waals surface area contributed by atoms with Crippen molar-refractivity contribution in [2.75, 3.05) is 0 Å². The zero-order valence-electron chi connectivity index (χ0n) is 18.8. The first-order valence-electron chi connectivity index (χ1n) is 11.4. The summed E-state index contributed by atoms with van der Waals surface area (Å²) in [5, 5.41) is 13.1. The van der Waals surface area contributed by atoms with Crippen molar-refractivity contribution in [1.82, 2.24) is 0 Å². The van der Waals surface area contributed by atoms with Crippen LogP contribution in [0.25, 0.3) is 0 Å². The first-order chi connectivity index (χ1) is 16.7. The fraction of sp³-hybridized carbons (Fsp3) is 0.0625. The maximum Gasteiger partial charge on any atom is 0.196 e. The average molecular weight is 443 g/mol. The van der Waals surface area contributed by atoms with Crippen molar-refractivity contribution in [3.05, 3.63) is 174 Å². The van der Waals surface area contributed by atoms with E-state index in [9.17, 15) is 5.11 Å². The Hall–Kier alpha value is -4.14. The molecule has 0 heterocycles. The minimum atomic E-state index is -1.56. The van der Waals surface area contributed by atoms with Crippen molar-refractivity contribution < 1.29 is 9.84 Å². The van der Waals surface area contributed by atoms with Gasteiger partial charge < -0.3 is 9.84 Å². The topological polar surface area (TPSA) is 29.5 Å². The van der Waals surface area contributed by atoms with Gasteiger partial charge in [-0.1, -0.05) is 140 Å². The van der Waals surface area contributed by atoms with E-state index < -0.39 is 11.2 Å². The molecule has 0 aliphatic heterocycles. The Labute approximate surface area is 200 Å². The third-order valence-corrected chi connectivity index (χ3v) is 6.27. The van der Waals surface area contributed by atoms with Crippen LogP contribution in [0.5, 0.6) is 5.75 Å². The molecule has 5 rings (SSSR count). The standard InChI is InChI=1S/C32H26O2/c33-31(26-16-6-1-7-17-26,27-18-8-2-9-19-27)32(28-20-10-3-11-21-28,29-22-12-4-13-23-29)34-30-24-14-5-15-25-30/h1-25,33H. The highest BCUT2D eigenvalue weighted by Crippen LogP contribution is 2.52. The predicted molar refractivity (Wildman–Crippen MR) is 137 cm³/mol. The second-order valence-corrected chi connectivity index (χ2v) is 8.27. The van der Waals surface area contributed by atoms with Gasteiger partial charge >= 0.3 is 0 Å². The molecule has 0 aromatic heterocycles. The summed E-state index contributed by atoms with van der Waals surface area (Å²) in [7, 11) is 0. The van der Waals surface area contributed by atoms with E-state index in [2.05, 4.69) is 0 Å². The molecule has 0 amide bonds. The second-order valence-electron chi connectivity index (χ2n) is 8.27. The Morgan fingerprint density at radius 1 is 0.382 bits per heavy atom. The van der Waals surface area contributed by atoms with Crippen LogP contribution >= 0.6 is 0 Å². The van der Waals surface area contributed by atoms with Gasteiger partial charge in [0.05, 0.1) is 0 Å². The highest BCUT2D eigenvalue weighted by molar-refractivity contribution is 5.52. The summed E-state index contributed by atoms with van der Waals surface area (Å²) in [5.41, 5.74) is 0.323. The van der Waals surface area contributed by atoms with E-state index >= 15 is 0 Å². The minimum Gasteiger partial charge on any atom is -0.474 e. The zero-order valence-corrected chi connectivity index (χ0v) is 18.8. The van der Waals surface area contributed by atoms with E-state index in [1.807, 2.05) is 152 Å². The van der Waals surface area contributed by atoms with Gasteiger partial charge in [-0.25, -0.2) is 0 Å². The predicted octanol–water partition coefficient (Wildman–Crippen LogP) is 6.95. The van der Waals surface area contributed by atoms with Gasteiger partial charge in [0.2, 0.25) is 0 Å². The lowest BCUT2D eigenvalue weighted by molar-refractivity contribution is -0.0955. The Morgan fingerprint density at radius 3 is 1.03 bits per heavy atom. The van der Waals surface area contributed by atoms with Crippen molar-refractivity contribution in [1.29, 1.82) is 0 Å². The average Bonchev–Trinajstić information content (AvgIpc) is 2.94. The highest BCUT2D eigenvalue weighted by Gasteiger charge is 2.57. The summed E-state index contributed by atoms with van der Waals surface area (Å²) in [5.74, 6) is 0.667. The van der Waals surface area contributed by atoms with E-state index in [4.69, 9.17) is 4.74 Å². The van der Waals surface area contributed by atoms with Crippen LogP contribution in [-0.2, 0) is 11.2 Å². The molecule has 5 aromatic carbocycles. The van der Waals surface area contributed by atoms with E-state index in [-0.39, 0.29) is 0 Å². The Bertz CT molecular complexity index is 1220. The third kappa shape index (κ3) is 3.68. The van der Waals surface area contributed by atoms with Crippen LogP contribution in [-0.4, -0.2) is 5.11 Å². The van der Waals surface area contributed by atoms with Crippen molar-refractivity contribution in [2.45, 2.75) is 11.2 Å². The van der Waals surface area contributed by atoms with Gasteiger partial charge in [0, 0.05) is 11.1 Å². The van der Waals surface area contributed by atoms with Gasteiger partial charge in [0.1, 0.15) is 5.75 Å². The number of hydrogen-bond donors (Lipinski definition) is 1. The van der Waals surface area contributed by atoms with Gasteiger partial charge in [-0.2, -0.15) is 0 Å². The van der Waals surface area contributed by atoms with Crippen molar-refractivity contribution in [3.8, 4) is 5.75 Å². The van der Waals surface area contributed by atoms with Crippen molar-refractivity contribution in [3.63, 3.8) is 0 Å². The number of aliphatic hydroxyl groups is 1. The number of para-hydroxylation sites is 1. The van der Waals surface area contributed by atoms with Crippen molar-refractivity contribution in [2.24, 2.45) is 0 Å². The molecule has 0 atom stereocenters. The maximum atomic E-state index is 13.1. The minimum absolute atomic E-state index is 0.667. The molecule has 0 radical (unpaired) electrons. The lowest BCUT2D eigenvalue weighted by atomic mass is 9.66. The summed E-state index contributed by atoms with van der Waals surface area (Å²) in [6.07, 6.45) is 0. The summed E-state index contributed by atoms with van der Waals surface area (Å²) in [4.78, 5) is 0. The maximum absolute atomic E-state index is 13.1. The van der Waals surface area contributed by atoms with Gasteiger partial charge in [0.15, 0.2) is 11.2 Å². The zero-order chi connectivity index (χ0) is 23.3. The van der Waals surface area contributed by atoms with Crippen LogP contribution < -0.4 is 4.74 Å². The van der Waals surface area contributed by atoms with Crippen LogP contribution in [0.1, 0.15) is 22.3 Å². The van der Waals surface area contributed by atoms with Crippen LogP contribution in [0.4, 0.5) is 0 Å². The summed E-state index contributed by atoms with van der Waals surface area (Å²) in [6.45, 7) is 0. The molecule has 2 nitrogen and oxygen atoms in total. The first-order valence-corrected chi connectivity index (χ1v) is 11.4. The smallest absolute Gasteiger partial charge is 0.196 e. The number of ether oxygens (including phenoxy) is 1. The Kier molecular flexibility index (Phi) is 5.99. The highest BCUT2D eigenvalue weighted by atomic mass is 16.5. The van der Waals surface area contributed by atoms with Gasteiger partial charge in [-0.3, -0.25) is 0 Å². The van der Waals surface area contributed by atoms with Crippen LogP contribution in [0.3, 0.4) is 0 Å². The van der Waals surface area contributed by atoms with E-state index in [1.165, 1.54) is 0 Å². The molecule has 1 N–H and O–H groups in total. The molecule has 0 fully saturated rings. The SMILES string of the molecule is OC(c1ccccc1)(c1ccccc1)C(Oc1ccccc1)(c1ccccc1)c1ccccc1.